The number of carboxylic acid groups (broad SMARTS) is 1. The molecule has 2 rings (SSSR count). The lowest BCUT2D eigenvalue weighted by Gasteiger charge is -2.06. The van der Waals surface area contributed by atoms with Crippen molar-refractivity contribution < 1.29 is 14.3 Å². The van der Waals surface area contributed by atoms with E-state index in [1.165, 1.54) is 12.1 Å². The van der Waals surface area contributed by atoms with Gasteiger partial charge in [0.15, 0.2) is 0 Å². The van der Waals surface area contributed by atoms with Crippen molar-refractivity contribution in [1.29, 1.82) is 0 Å². The molecular weight excluding hydrogens is 207 g/mol. The van der Waals surface area contributed by atoms with E-state index < -0.39 is 11.9 Å². The summed E-state index contributed by atoms with van der Waals surface area (Å²) in [5.74, 6) is -1.56. The molecule has 0 aromatic heterocycles. The Morgan fingerprint density at radius 1 is 1.44 bits per heavy atom. The van der Waals surface area contributed by atoms with Crippen LogP contribution < -0.4 is 0 Å². The topological polar surface area (TPSA) is 37.3 Å². The highest BCUT2D eigenvalue weighted by atomic mass is 19.1. The lowest BCUT2D eigenvalue weighted by molar-refractivity contribution is -0.139. The number of aliphatic carboxylic acids is 1. The maximum absolute atomic E-state index is 13.2. The summed E-state index contributed by atoms with van der Waals surface area (Å²) in [5.41, 5.74) is 1.52. The minimum Gasteiger partial charge on any atom is -0.481 e. The van der Waals surface area contributed by atoms with Gasteiger partial charge in [-0.25, -0.2) is 4.39 Å². The third-order valence-corrected chi connectivity index (χ3v) is 3.67. The molecule has 1 aliphatic rings. The summed E-state index contributed by atoms with van der Waals surface area (Å²) in [5, 5.41) is 9.09. The van der Waals surface area contributed by atoms with E-state index in [2.05, 4.69) is 0 Å². The van der Waals surface area contributed by atoms with Crippen LogP contribution in [-0.4, -0.2) is 11.1 Å². The van der Waals surface area contributed by atoms with Crippen molar-refractivity contribution in [1.82, 2.24) is 0 Å². The molecule has 2 unspecified atom stereocenters. The summed E-state index contributed by atoms with van der Waals surface area (Å²) in [6.45, 7) is 5.73. The van der Waals surface area contributed by atoms with Crippen LogP contribution >= 0.6 is 0 Å². The zero-order valence-corrected chi connectivity index (χ0v) is 9.62. The molecule has 0 saturated heterocycles. The van der Waals surface area contributed by atoms with Gasteiger partial charge in [-0.05, 0) is 35.6 Å². The van der Waals surface area contributed by atoms with Crippen LogP contribution in [0.15, 0.2) is 18.2 Å². The van der Waals surface area contributed by atoms with Gasteiger partial charge in [-0.1, -0.05) is 19.9 Å². The molecule has 1 aromatic rings. The number of halogens is 1. The summed E-state index contributed by atoms with van der Waals surface area (Å²) >= 11 is 0. The number of rotatable bonds is 2. The van der Waals surface area contributed by atoms with Gasteiger partial charge in [0, 0.05) is 5.92 Å². The molecular formula is C13H15FO2. The molecule has 0 heterocycles. The summed E-state index contributed by atoms with van der Waals surface area (Å²) < 4.78 is 13.2. The molecule has 1 saturated carbocycles. The van der Waals surface area contributed by atoms with E-state index in [9.17, 15) is 9.18 Å². The van der Waals surface area contributed by atoms with Crippen LogP contribution in [0.25, 0.3) is 0 Å². The van der Waals surface area contributed by atoms with Gasteiger partial charge >= 0.3 is 5.97 Å². The van der Waals surface area contributed by atoms with Crippen molar-refractivity contribution in [2.45, 2.75) is 26.7 Å². The summed E-state index contributed by atoms with van der Waals surface area (Å²) in [6.07, 6.45) is 0. The first-order valence-electron chi connectivity index (χ1n) is 5.34. The molecule has 0 spiro atoms. The van der Waals surface area contributed by atoms with Crippen LogP contribution in [0.3, 0.4) is 0 Å². The molecule has 86 valence electrons. The monoisotopic (exact) mass is 222 g/mol. The Morgan fingerprint density at radius 3 is 2.56 bits per heavy atom. The van der Waals surface area contributed by atoms with Crippen molar-refractivity contribution in [3.8, 4) is 0 Å². The third-order valence-electron chi connectivity index (χ3n) is 3.67. The van der Waals surface area contributed by atoms with Crippen LogP contribution in [-0.2, 0) is 4.79 Å². The fraction of sp³-hybridized carbons (Fsp3) is 0.462. The molecule has 2 nitrogen and oxygen atoms in total. The highest BCUT2D eigenvalue weighted by Gasteiger charge is 2.63. The number of benzene rings is 1. The largest absolute Gasteiger partial charge is 0.481 e. The van der Waals surface area contributed by atoms with E-state index in [0.717, 1.165) is 11.1 Å². The van der Waals surface area contributed by atoms with Crippen LogP contribution in [0, 0.1) is 24.1 Å². The second kappa shape index (κ2) is 3.30. The lowest BCUT2D eigenvalue weighted by atomic mass is 9.99. The molecule has 1 N–H and O–H groups in total. The highest BCUT2D eigenvalue weighted by molar-refractivity contribution is 5.77. The molecule has 1 fully saturated rings. The zero-order chi connectivity index (χ0) is 12.1. The Kier molecular flexibility index (Phi) is 2.30. The quantitative estimate of drug-likeness (QED) is 0.835. The van der Waals surface area contributed by atoms with Gasteiger partial charge in [-0.15, -0.1) is 0 Å². The van der Waals surface area contributed by atoms with E-state index >= 15 is 0 Å². The Bertz CT molecular complexity index is 451. The zero-order valence-electron chi connectivity index (χ0n) is 9.62. The summed E-state index contributed by atoms with van der Waals surface area (Å²) in [6, 6.07) is 4.58. The first kappa shape index (κ1) is 11.1. The highest BCUT2D eigenvalue weighted by Crippen LogP contribution is 2.64. The van der Waals surface area contributed by atoms with Gasteiger partial charge in [-0.3, -0.25) is 4.79 Å². The van der Waals surface area contributed by atoms with Crippen LogP contribution in [0.4, 0.5) is 4.39 Å². The standard InChI is InChI=1S/C13H15FO2/c1-7-4-5-8(14)6-9(7)10-11(12(15)16)13(10,2)3/h4-6,10-11H,1-3H3,(H,15,16). The van der Waals surface area contributed by atoms with Gasteiger partial charge in [0.2, 0.25) is 0 Å². The first-order valence-corrected chi connectivity index (χ1v) is 5.34. The van der Waals surface area contributed by atoms with E-state index in [-0.39, 0.29) is 17.2 Å². The number of hydrogen-bond acceptors (Lipinski definition) is 1. The smallest absolute Gasteiger partial charge is 0.307 e. The summed E-state index contributed by atoms with van der Waals surface area (Å²) in [7, 11) is 0. The molecule has 1 aliphatic carbocycles. The number of carbonyl (C=O) groups is 1. The van der Waals surface area contributed by atoms with Gasteiger partial charge in [-0.2, -0.15) is 0 Å². The van der Waals surface area contributed by atoms with Gasteiger partial charge < -0.3 is 5.11 Å². The predicted octanol–water partition coefficient (Wildman–Crippen LogP) is 2.96. The first-order chi connectivity index (χ1) is 7.35. The van der Waals surface area contributed by atoms with Crippen molar-refractivity contribution >= 4 is 5.97 Å². The normalized spacial score (nSPS) is 26.5. The number of carboxylic acids is 1. The molecule has 3 heteroatoms. The van der Waals surface area contributed by atoms with Gasteiger partial charge in [0.1, 0.15) is 5.82 Å². The van der Waals surface area contributed by atoms with Crippen molar-refractivity contribution in [3.05, 3.63) is 35.1 Å². The molecule has 16 heavy (non-hydrogen) atoms. The second-order valence-corrected chi connectivity index (χ2v) is 5.12. The molecule has 0 aliphatic heterocycles. The van der Waals surface area contributed by atoms with Crippen LogP contribution in [0.5, 0.6) is 0 Å². The summed E-state index contributed by atoms with van der Waals surface area (Å²) in [4.78, 5) is 11.1. The van der Waals surface area contributed by atoms with Crippen LogP contribution in [0.2, 0.25) is 0 Å². The average Bonchev–Trinajstić information content (AvgIpc) is 2.73. The molecule has 2 atom stereocenters. The predicted molar refractivity (Wildman–Crippen MR) is 58.8 cm³/mol. The van der Waals surface area contributed by atoms with Gasteiger partial charge in [0.25, 0.3) is 0 Å². The van der Waals surface area contributed by atoms with E-state index in [1.54, 1.807) is 6.07 Å². The minimum absolute atomic E-state index is 0.0688. The minimum atomic E-state index is -0.793. The SMILES string of the molecule is Cc1ccc(F)cc1C1C(C(=O)O)C1(C)C. The van der Waals surface area contributed by atoms with Crippen molar-refractivity contribution in [2.75, 3.05) is 0 Å². The van der Waals surface area contributed by atoms with E-state index in [1.807, 2.05) is 20.8 Å². The Labute approximate surface area is 94.1 Å². The van der Waals surface area contributed by atoms with Crippen LogP contribution in [0.1, 0.15) is 30.9 Å². The Hall–Kier alpha value is -1.38. The molecule has 0 amide bonds. The molecule has 1 aromatic carbocycles. The molecule has 0 bridgehead atoms. The Morgan fingerprint density at radius 2 is 2.06 bits per heavy atom. The fourth-order valence-corrected chi connectivity index (χ4v) is 2.63. The fourth-order valence-electron chi connectivity index (χ4n) is 2.63. The van der Waals surface area contributed by atoms with Gasteiger partial charge in [0.05, 0.1) is 5.92 Å². The van der Waals surface area contributed by atoms with E-state index in [0.29, 0.717) is 0 Å². The van der Waals surface area contributed by atoms with Crippen molar-refractivity contribution in [3.63, 3.8) is 0 Å². The lowest BCUT2D eigenvalue weighted by Crippen LogP contribution is -2.03. The Balaban J connectivity index is 2.40. The second-order valence-electron chi connectivity index (χ2n) is 5.12. The third kappa shape index (κ3) is 1.51. The maximum Gasteiger partial charge on any atom is 0.307 e. The number of aryl methyl sites for hydroxylation is 1. The average molecular weight is 222 g/mol. The molecule has 0 radical (unpaired) electrons. The van der Waals surface area contributed by atoms with Crippen molar-refractivity contribution in [2.24, 2.45) is 11.3 Å². The maximum atomic E-state index is 13.2. The number of hydrogen-bond donors (Lipinski definition) is 1. The van der Waals surface area contributed by atoms with E-state index in [4.69, 9.17) is 5.11 Å².